The van der Waals surface area contributed by atoms with Crippen molar-refractivity contribution in [3.05, 3.63) is 30.0 Å². The first-order valence-electron chi connectivity index (χ1n) is 10.8. The number of unbranched alkanes of at least 4 members (excludes halogenated alkanes) is 1. The molecule has 172 valence electrons. The highest BCUT2D eigenvalue weighted by atomic mass is 32.2. The average molecular weight is 484 g/mol. The molecule has 3 aromatic heterocycles. The summed E-state index contributed by atoms with van der Waals surface area (Å²) in [6.45, 7) is 6.29. The summed E-state index contributed by atoms with van der Waals surface area (Å²) in [5.41, 5.74) is 8.49. The van der Waals surface area contributed by atoms with Gasteiger partial charge in [-0.25, -0.2) is 19.9 Å². The predicted molar refractivity (Wildman–Crippen MR) is 130 cm³/mol. The van der Waals surface area contributed by atoms with Gasteiger partial charge >= 0.3 is 0 Å². The van der Waals surface area contributed by atoms with E-state index in [1.54, 1.807) is 29.3 Å². The highest BCUT2D eigenvalue weighted by Crippen LogP contribution is 2.45. The van der Waals surface area contributed by atoms with Crippen LogP contribution in [0.3, 0.4) is 0 Å². The van der Waals surface area contributed by atoms with Crippen molar-refractivity contribution in [2.75, 3.05) is 19.1 Å². The minimum Gasteiger partial charge on any atom is -0.454 e. The molecule has 0 bridgehead atoms. The zero-order valence-corrected chi connectivity index (χ0v) is 20.1. The molecule has 33 heavy (non-hydrogen) atoms. The first-order valence-corrected chi connectivity index (χ1v) is 12.5. The van der Waals surface area contributed by atoms with Crippen LogP contribution in [-0.2, 0) is 6.54 Å². The summed E-state index contributed by atoms with van der Waals surface area (Å²) in [4.78, 5) is 18.9. The van der Waals surface area contributed by atoms with Crippen LogP contribution < -0.4 is 20.5 Å². The number of aryl methyl sites for hydroxylation is 1. The van der Waals surface area contributed by atoms with E-state index < -0.39 is 0 Å². The Morgan fingerprint density at radius 1 is 1.18 bits per heavy atom. The molecule has 0 amide bonds. The van der Waals surface area contributed by atoms with Crippen molar-refractivity contribution in [3.8, 4) is 22.1 Å². The molecule has 0 saturated heterocycles. The molecule has 0 radical (unpaired) electrons. The Morgan fingerprint density at radius 3 is 2.82 bits per heavy atom. The second-order valence-corrected chi connectivity index (χ2v) is 9.84. The molecule has 0 atom stereocenters. The number of nitrogens with one attached hydrogen (secondary N) is 1. The zero-order chi connectivity index (χ0) is 22.8. The van der Waals surface area contributed by atoms with Gasteiger partial charge in [-0.2, -0.15) is 0 Å². The van der Waals surface area contributed by atoms with Gasteiger partial charge < -0.3 is 25.1 Å². The number of benzene rings is 1. The van der Waals surface area contributed by atoms with Crippen LogP contribution in [0.4, 0.5) is 5.82 Å². The van der Waals surface area contributed by atoms with Crippen LogP contribution in [0, 0.1) is 0 Å². The smallest absolute Gasteiger partial charge is 0.231 e. The van der Waals surface area contributed by atoms with Crippen molar-refractivity contribution in [2.24, 2.45) is 0 Å². The number of thiazole rings is 1. The second-order valence-electron chi connectivity index (χ2n) is 7.93. The highest BCUT2D eigenvalue weighted by molar-refractivity contribution is 7.99. The lowest BCUT2D eigenvalue weighted by atomic mass is 10.2. The van der Waals surface area contributed by atoms with E-state index in [-0.39, 0.29) is 6.79 Å². The summed E-state index contributed by atoms with van der Waals surface area (Å²) < 4.78 is 13.4. The standard InChI is InChI=1S/C22H25N7O2S2/c1-13(2)24-5-3-4-7-29-20-18(19(23)26-11-27-20)28-22(29)33-17-10-16-15(30-12-31-16)9-14(17)21-25-6-8-32-21/h6,8-11,13,24H,3-5,7,12H2,1-2H3,(H2,23,26,27). The number of aromatic nitrogens is 5. The van der Waals surface area contributed by atoms with E-state index >= 15 is 0 Å². The Balaban J connectivity index is 1.49. The van der Waals surface area contributed by atoms with E-state index in [4.69, 9.17) is 20.2 Å². The van der Waals surface area contributed by atoms with Crippen molar-refractivity contribution < 1.29 is 9.47 Å². The minimum absolute atomic E-state index is 0.218. The van der Waals surface area contributed by atoms with Crippen molar-refractivity contribution in [1.29, 1.82) is 0 Å². The number of hydrogen-bond donors (Lipinski definition) is 2. The summed E-state index contributed by atoms with van der Waals surface area (Å²) in [6.07, 6.45) is 5.34. The molecule has 3 N–H and O–H groups in total. The minimum atomic E-state index is 0.218. The van der Waals surface area contributed by atoms with Crippen molar-refractivity contribution >= 4 is 40.1 Å². The third kappa shape index (κ3) is 4.61. The summed E-state index contributed by atoms with van der Waals surface area (Å²) >= 11 is 3.13. The quantitative estimate of drug-likeness (QED) is 0.338. The van der Waals surface area contributed by atoms with Gasteiger partial charge in [0.15, 0.2) is 33.6 Å². The van der Waals surface area contributed by atoms with E-state index in [0.29, 0.717) is 17.4 Å². The average Bonchev–Trinajstić information content (AvgIpc) is 3.54. The first kappa shape index (κ1) is 21.9. The molecular weight excluding hydrogens is 458 g/mol. The molecule has 9 nitrogen and oxygen atoms in total. The van der Waals surface area contributed by atoms with Gasteiger partial charge in [-0.15, -0.1) is 11.3 Å². The molecule has 1 aromatic carbocycles. The van der Waals surface area contributed by atoms with Gasteiger partial charge in [0.1, 0.15) is 11.3 Å². The number of nitrogens with two attached hydrogens (primary N) is 1. The van der Waals surface area contributed by atoms with Crippen LogP contribution in [-0.4, -0.2) is 43.9 Å². The van der Waals surface area contributed by atoms with Gasteiger partial charge in [0, 0.05) is 34.6 Å². The highest BCUT2D eigenvalue weighted by Gasteiger charge is 2.23. The summed E-state index contributed by atoms with van der Waals surface area (Å²) in [7, 11) is 0. The fourth-order valence-corrected chi connectivity index (χ4v) is 5.41. The number of hydrogen-bond acceptors (Lipinski definition) is 10. The van der Waals surface area contributed by atoms with Gasteiger partial charge in [0.25, 0.3) is 0 Å². The van der Waals surface area contributed by atoms with E-state index in [1.165, 1.54) is 6.33 Å². The molecule has 1 aliphatic rings. The number of fused-ring (bicyclic) bond motifs is 2. The number of imidazole rings is 1. The summed E-state index contributed by atoms with van der Waals surface area (Å²) in [5, 5.41) is 7.15. The molecule has 0 saturated carbocycles. The first-order chi connectivity index (χ1) is 16.1. The van der Waals surface area contributed by atoms with Crippen molar-refractivity contribution in [3.63, 3.8) is 0 Å². The zero-order valence-electron chi connectivity index (χ0n) is 18.4. The molecular formula is C22H25N7O2S2. The lowest BCUT2D eigenvalue weighted by Crippen LogP contribution is -2.23. The number of anilines is 1. The Labute approximate surface area is 199 Å². The van der Waals surface area contributed by atoms with Crippen LogP contribution in [0.15, 0.2) is 40.1 Å². The normalized spacial score (nSPS) is 12.8. The van der Waals surface area contributed by atoms with Crippen LogP contribution in [0.5, 0.6) is 11.5 Å². The molecule has 4 aromatic rings. The molecule has 0 spiro atoms. The largest absolute Gasteiger partial charge is 0.454 e. The van der Waals surface area contributed by atoms with Gasteiger partial charge in [-0.05, 0) is 31.5 Å². The maximum Gasteiger partial charge on any atom is 0.231 e. The Morgan fingerprint density at radius 2 is 2.03 bits per heavy atom. The third-order valence-corrected chi connectivity index (χ3v) is 7.08. The van der Waals surface area contributed by atoms with Crippen molar-refractivity contribution in [1.82, 2.24) is 29.8 Å². The number of nitrogens with zero attached hydrogens (tertiary/aromatic N) is 5. The molecule has 1 aliphatic heterocycles. The molecule has 0 aliphatic carbocycles. The number of nitrogen functional groups attached to an aromatic ring is 1. The molecule has 5 rings (SSSR count). The lowest BCUT2D eigenvalue weighted by Gasteiger charge is -2.12. The van der Waals surface area contributed by atoms with Crippen LogP contribution in [0.1, 0.15) is 26.7 Å². The fraction of sp³-hybridized carbons (Fsp3) is 0.364. The van der Waals surface area contributed by atoms with E-state index in [0.717, 1.165) is 63.7 Å². The lowest BCUT2D eigenvalue weighted by molar-refractivity contribution is 0.174. The van der Waals surface area contributed by atoms with E-state index in [2.05, 4.69) is 38.7 Å². The fourth-order valence-electron chi connectivity index (χ4n) is 3.63. The molecule has 0 fully saturated rings. The Kier molecular flexibility index (Phi) is 6.34. The van der Waals surface area contributed by atoms with Crippen LogP contribution in [0.25, 0.3) is 21.7 Å². The van der Waals surface area contributed by atoms with E-state index in [9.17, 15) is 0 Å². The summed E-state index contributed by atoms with van der Waals surface area (Å²) in [5.74, 6) is 1.83. The number of rotatable bonds is 9. The monoisotopic (exact) mass is 483 g/mol. The number of ether oxygens (including phenoxy) is 2. The van der Waals surface area contributed by atoms with Gasteiger partial charge in [0.2, 0.25) is 6.79 Å². The maximum absolute atomic E-state index is 6.13. The Hall–Kier alpha value is -2.89. The topological polar surface area (TPSA) is 113 Å². The maximum atomic E-state index is 6.13. The molecule has 4 heterocycles. The van der Waals surface area contributed by atoms with Crippen LogP contribution >= 0.6 is 23.1 Å². The van der Waals surface area contributed by atoms with E-state index in [1.807, 2.05) is 17.5 Å². The van der Waals surface area contributed by atoms with Crippen LogP contribution in [0.2, 0.25) is 0 Å². The molecule has 0 unspecified atom stereocenters. The van der Waals surface area contributed by atoms with Crippen molar-refractivity contribution in [2.45, 2.75) is 49.3 Å². The summed E-state index contributed by atoms with van der Waals surface area (Å²) in [6, 6.07) is 4.46. The molecule has 11 heteroatoms. The predicted octanol–water partition coefficient (Wildman–Crippen LogP) is 4.19. The van der Waals surface area contributed by atoms with Gasteiger partial charge in [-0.3, -0.25) is 0 Å². The van der Waals surface area contributed by atoms with Gasteiger partial charge in [-0.1, -0.05) is 25.6 Å². The van der Waals surface area contributed by atoms with Gasteiger partial charge in [0.05, 0.1) is 0 Å². The SMILES string of the molecule is CC(C)NCCCCn1c(Sc2cc3c(cc2-c2nccs2)OCO3)nc2c(N)ncnc21. The Bertz CT molecular complexity index is 1260. The second kappa shape index (κ2) is 9.54. The third-order valence-electron chi connectivity index (χ3n) is 5.23.